The normalized spacial score (nSPS) is 12.0. The van der Waals surface area contributed by atoms with Gasteiger partial charge in [-0.15, -0.1) is 0 Å². The molecule has 1 heterocycles. The number of nitrogens with two attached hydrogens (primary N) is 1. The highest BCUT2D eigenvalue weighted by Crippen LogP contribution is 2.20. The van der Waals surface area contributed by atoms with Gasteiger partial charge in [-0.05, 0) is 24.1 Å². The van der Waals surface area contributed by atoms with Gasteiger partial charge in [0.25, 0.3) is 0 Å². The molecule has 0 fully saturated rings. The molecule has 6 nitrogen and oxygen atoms in total. The van der Waals surface area contributed by atoms with E-state index in [9.17, 15) is 12.8 Å². The molecule has 8 heteroatoms. The summed E-state index contributed by atoms with van der Waals surface area (Å²) in [5, 5.41) is 4.01. The van der Waals surface area contributed by atoms with E-state index in [2.05, 4.69) is 10.1 Å². The van der Waals surface area contributed by atoms with Gasteiger partial charge in [-0.25, -0.2) is 22.5 Å². The molecule has 21 heavy (non-hydrogen) atoms. The third-order valence-corrected chi connectivity index (χ3v) is 4.40. The standard InChI is InChI=1S/C13H17FN4O2S/c1-9(2)6-18-13(16-8-17-18)7-21(19,20)12-4-10(14)3-11(15)5-12/h3-5,8-9H,6-7,15H2,1-2H3. The zero-order valence-electron chi connectivity index (χ0n) is 11.8. The quantitative estimate of drug-likeness (QED) is 0.847. The number of aromatic nitrogens is 3. The number of nitrogens with zero attached hydrogens (tertiary/aromatic N) is 3. The summed E-state index contributed by atoms with van der Waals surface area (Å²) in [4.78, 5) is 3.82. The van der Waals surface area contributed by atoms with E-state index < -0.39 is 15.7 Å². The van der Waals surface area contributed by atoms with Crippen molar-refractivity contribution in [2.45, 2.75) is 31.0 Å². The minimum absolute atomic E-state index is 0.0669. The van der Waals surface area contributed by atoms with Crippen LogP contribution in [0.3, 0.4) is 0 Å². The van der Waals surface area contributed by atoms with E-state index in [1.54, 1.807) is 4.68 Å². The lowest BCUT2D eigenvalue weighted by Crippen LogP contribution is -2.15. The van der Waals surface area contributed by atoms with E-state index in [1.807, 2.05) is 13.8 Å². The number of anilines is 1. The van der Waals surface area contributed by atoms with Crippen molar-refractivity contribution >= 4 is 15.5 Å². The number of hydrogen-bond donors (Lipinski definition) is 1. The van der Waals surface area contributed by atoms with Crippen molar-refractivity contribution in [1.29, 1.82) is 0 Å². The fourth-order valence-electron chi connectivity index (χ4n) is 1.92. The smallest absolute Gasteiger partial charge is 0.185 e. The van der Waals surface area contributed by atoms with E-state index in [0.717, 1.165) is 12.1 Å². The SMILES string of the molecule is CC(C)Cn1ncnc1CS(=O)(=O)c1cc(N)cc(F)c1. The maximum absolute atomic E-state index is 13.3. The van der Waals surface area contributed by atoms with Gasteiger partial charge in [0.15, 0.2) is 9.84 Å². The second-order valence-corrected chi connectivity index (χ2v) is 7.22. The summed E-state index contributed by atoms with van der Waals surface area (Å²) in [6.07, 6.45) is 1.31. The van der Waals surface area contributed by atoms with Crippen LogP contribution in [0.25, 0.3) is 0 Å². The number of halogens is 1. The molecule has 0 bridgehead atoms. The first-order valence-corrected chi connectivity index (χ1v) is 8.08. The Labute approximate surface area is 122 Å². The number of hydrogen-bond acceptors (Lipinski definition) is 5. The summed E-state index contributed by atoms with van der Waals surface area (Å²) in [5.74, 6) is -0.399. The van der Waals surface area contributed by atoms with Gasteiger partial charge in [0.1, 0.15) is 23.7 Å². The minimum Gasteiger partial charge on any atom is -0.399 e. The van der Waals surface area contributed by atoms with Crippen LogP contribution < -0.4 is 5.73 Å². The third-order valence-electron chi connectivity index (χ3n) is 2.81. The zero-order valence-corrected chi connectivity index (χ0v) is 12.6. The summed E-state index contributed by atoms with van der Waals surface area (Å²) < 4.78 is 39.5. The van der Waals surface area contributed by atoms with Crippen molar-refractivity contribution < 1.29 is 12.8 Å². The Kier molecular flexibility index (Phi) is 4.26. The summed E-state index contributed by atoms with van der Waals surface area (Å²) in [5.41, 5.74) is 5.55. The van der Waals surface area contributed by atoms with E-state index in [0.29, 0.717) is 18.3 Å². The van der Waals surface area contributed by atoms with Crippen LogP contribution in [-0.4, -0.2) is 23.2 Å². The Morgan fingerprint density at radius 3 is 2.67 bits per heavy atom. The average molecular weight is 312 g/mol. The van der Waals surface area contributed by atoms with Crippen LogP contribution in [0.15, 0.2) is 29.4 Å². The second-order valence-electron chi connectivity index (χ2n) is 5.23. The number of rotatable bonds is 5. The lowest BCUT2D eigenvalue weighted by molar-refractivity contribution is 0.470. The van der Waals surface area contributed by atoms with Crippen LogP contribution in [0.5, 0.6) is 0 Å². The fourth-order valence-corrected chi connectivity index (χ4v) is 3.25. The molecule has 114 valence electrons. The number of sulfone groups is 1. The Balaban J connectivity index is 2.31. The predicted octanol–water partition coefficient (Wildman–Crippen LogP) is 1.63. The van der Waals surface area contributed by atoms with Gasteiger partial charge in [0.2, 0.25) is 0 Å². The molecule has 0 aliphatic heterocycles. The van der Waals surface area contributed by atoms with Crippen LogP contribution in [0, 0.1) is 11.7 Å². The van der Waals surface area contributed by atoms with Crippen LogP contribution in [0.1, 0.15) is 19.7 Å². The summed E-state index contributed by atoms with van der Waals surface area (Å²) >= 11 is 0. The highest BCUT2D eigenvalue weighted by molar-refractivity contribution is 7.90. The average Bonchev–Trinajstić information content (AvgIpc) is 2.73. The van der Waals surface area contributed by atoms with Gasteiger partial charge >= 0.3 is 0 Å². The van der Waals surface area contributed by atoms with Crippen LogP contribution in [0.4, 0.5) is 10.1 Å². The summed E-state index contributed by atoms with van der Waals surface area (Å²) in [6, 6.07) is 3.26. The summed E-state index contributed by atoms with van der Waals surface area (Å²) in [6.45, 7) is 4.55. The topological polar surface area (TPSA) is 90.9 Å². The molecule has 0 aliphatic carbocycles. The number of nitrogen functional groups attached to an aromatic ring is 1. The van der Waals surface area contributed by atoms with Gasteiger partial charge in [-0.2, -0.15) is 5.10 Å². The van der Waals surface area contributed by atoms with Gasteiger partial charge in [0, 0.05) is 12.2 Å². The fraction of sp³-hybridized carbons (Fsp3) is 0.385. The number of benzene rings is 1. The molecule has 0 saturated carbocycles. The molecular weight excluding hydrogens is 295 g/mol. The van der Waals surface area contributed by atoms with E-state index in [-0.39, 0.29) is 16.3 Å². The molecule has 1 aromatic carbocycles. The molecule has 0 saturated heterocycles. The molecule has 0 aliphatic rings. The lowest BCUT2D eigenvalue weighted by atomic mass is 10.2. The Hall–Kier alpha value is -1.96. The Morgan fingerprint density at radius 2 is 2.05 bits per heavy atom. The summed E-state index contributed by atoms with van der Waals surface area (Å²) in [7, 11) is -3.73. The van der Waals surface area contributed by atoms with Crippen molar-refractivity contribution in [2.75, 3.05) is 5.73 Å². The van der Waals surface area contributed by atoms with Gasteiger partial charge in [0.05, 0.1) is 4.90 Å². The Bertz CT molecular complexity index is 720. The molecular formula is C13H17FN4O2S. The molecule has 2 rings (SSSR count). The van der Waals surface area contributed by atoms with Crippen LogP contribution >= 0.6 is 0 Å². The van der Waals surface area contributed by atoms with Gasteiger partial charge in [-0.1, -0.05) is 13.8 Å². The van der Waals surface area contributed by atoms with E-state index >= 15 is 0 Å². The van der Waals surface area contributed by atoms with E-state index in [1.165, 1.54) is 12.4 Å². The molecule has 0 unspecified atom stereocenters. The van der Waals surface area contributed by atoms with Crippen molar-refractivity contribution in [3.8, 4) is 0 Å². The van der Waals surface area contributed by atoms with E-state index in [4.69, 9.17) is 5.73 Å². The maximum atomic E-state index is 13.3. The monoisotopic (exact) mass is 312 g/mol. The van der Waals surface area contributed by atoms with Crippen molar-refractivity contribution in [1.82, 2.24) is 14.8 Å². The van der Waals surface area contributed by atoms with Gasteiger partial charge < -0.3 is 5.73 Å². The van der Waals surface area contributed by atoms with Crippen molar-refractivity contribution in [3.63, 3.8) is 0 Å². The first-order valence-electron chi connectivity index (χ1n) is 6.43. The van der Waals surface area contributed by atoms with Crippen LogP contribution in [-0.2, 0) is 22.1 Å². The highest BCUT2D eigenvalue weighted by Gasteiger charge is 2.20. The molecule has 1 aromatic heterocycles. The molecule has 0 spiro atoms. The minimum atomic E-state index is -3.73. The molecule has 0 atom stereocenters. The largest absolute Gasteiger partial charge is 0.399 e. The Morgan fingerprint density at radius 1 is 1.33 bits per heavy atom. The molecule has 2 N–H and O–H groups in total. The zero-order chi connectivity index (χ0) is 15.6. The third kappa shape index (κ3) is 3.78. The first kappa shape index (κ1) is 15.4. The predicted molar refractivity (Wildman–Crippen MR) is 76.6 cm³/mol. The molecule has 2 aromatic rings. The van der Waals surface area contributed by atoms with Gasteiger partial charge in [-0.3, -0.25) is 0 Å². The van der Waals surface area contributed by atoms with Crippen LogP contribution in [0.2, 0.25) is 0 Å². The van der Waals surface area contributed by atoms with Crippen molar-refractivity contribution in [2.24, 2.45) is 5.92 Å². The van der Waals surface area contributed by atoms with Crippen molar-refractivity contribution in [3.05, 3.63) is 36.2 Å². The molecule has 0 amide bonds. The second kappa shape index (κ2) is 5.80. The lowest BCUT2D eigenvalue weighted by Gasteiger charge is -2.09. The molecule has 0 radical (unpaired) electrons. The first-order chi connectivity index (χ1) is 9.78. The highest BCUT2D eigenvalue weighted by atomic mass is 32.2. The maximum Gasteiger partial charge on any atom is 0.185 e.